The van der Waals surface area contributed by atoms with Crippen molar-refractivity contribution in [1.29, 1.82) is 0 Å². The lowest BCUT2D eigenvalue weighted by atomic mass is 10.0. The van der Waals surface area contributed by atoms with Gasteiger partial charge in [0.25, 0.3) is 0 Å². The molecule has 3 nitrogen and oxygen atoms in total. The molecule has 0 saturated carbocycles. The second kappa shape index (κ2) is 3.92. The number of rotatable bonds is 1. The summed E-state index contributed by atoms with van der Waals surface area (Å²) in [6.07, 6.45) is 3.10. The van der Waals surface area contributed by atoms with Gasteiger partial charge in [0.05, 0.1) is 11.9 Å². The Kier molecular flexibility index (Phi) is 2.63. The number of hydrogen-bond donors (Lipinski definition) is 1. The van der Waals surface area contributed by atoms with Gasteiger partial charge in [0, 0.05) is 25.3 Å². The zero-order valence-corrected chi connectivity index (χ0v) is 7.94. The Balaban J connectivity index is 2.11. The maximum absolute atomic E-state index is 13.2. The van der Waals surface area contributed by atoms with Crippen molar-refractivity contribution in [1.82, 2.24) is 4.98 Å². The number of pyridine rings is 1. The summed E-state index contributed by atoms with van der Waals surface area (Å²) in [5.41, 5.74) is 6.70. The molecule has 1 aliphatic rings. The van der Waals surface area contributed by atoms with Crippen LogP contribution in [0, 0.1) is 0 Å². The molecule has 2 N–H and O–H groups in total. The SMILES string of the molecule is N[C@H]1C[C@H](F)CN(c2cccnc2)C1. The van der Waals surface area contributed by atoms with Gasteiger partial charge in [0.1, 0.15) is 6.17 Å². The van der Waals surface area contributed by atoms with E-state index < -0.39 is 6.17 Å². The first-order valence-corrected chi connectivity index (χ1v) is 4.80. The average Bonchev–Trinajstić information content (AvgIpc) is 2.18. The van der Waals surface area contributed by atoms with Crippen LogP contribution in [0.5, 0.6) is 0 Å². The van der Waals surface area contributed by atoms with Gasteiger partial charge >= 0.3 is 0 Å². The van der Waals surface area contributed by atoms with Crippen LogP contribution in [-0.4, -0.2) is 30.3 Å². The summed E-state index contributed by atoms with van der Waals surface area (Å²) in [7, 11) is 0. The molecule has 0 amide bonds. The Morgan fingerprint density at radius 3 is 3.00 bits per heavy atom. The molecule has 0 radical (unpaired) electrons. The summed E-state index contributed by atoms with van der Waals surface area (Å²) in [6, 6.07) is 3.71. The summed E-state index contributed by atoms with van der Waals surface area (Å²) in [6.45, 7) is 1.14. The van der Waals surface area contributed by atoms with Crippen LogP contribution in [0.15, 0.2) is 24.5 Å². The lowest BCUT2D eigenvalue weighted by Gasteiger charge is -2.34. The second-order valence-electron chi connectivity index (χ2n) is 3.71. The van der Waals surface area contributed by atoms with Gasteiger partial charge in [0.2, 0.25) is 0 Å². The van der Waals surface area contributed by atoms with E-state index in [1.165, 1.54) is 0 Å². The van der Waals surface area contributed by atoms with Crippen molar-refractivity contribution in [3.63, 3.8) is 0 Å². The van der Waals surface area contributed by atoms with E-state index in [0.717, 1.165) is 5.69 Å². The van der Waals surface area contributed by atoms with E-state index in [9.17, 15) is 4.39 Å². The van der Waals surface area contributed by atoms with Gasteiger partial charge < -0.3 is 10.6 Å². The molecule has 0 bridgehead atoms. The van der Waals surface area contributed by atoms with Crippen LogP contribution in [-0.2, 0) is 0 Å². The van der Waals surface area contributed by atoms with Crippen LogP contribution in [0.2, 0.25) is 0 Å². The molecule has 1 saturated heterocycles. The van der Waals surface area contributed by atoms with Crippen LogP contribution in [0.25, 0.3) is 0 Å². The van der Waals surface area contributed by atoms with Gasteiger partial charge in [-0.1, -0.05) is 0 Å². The van der Waals surface area contributed by atoms with E-state index in [1.807, 2.05) is 17.0 Å². The molecule has 1 aliphatic heterocycles. The lowest BCUT2D eigenvalue weighted by Crippen LogP contribution is -2.48. The molecular weight excluding hydrogens is 181 g/mol. The topological polar surface area (TPSA) is 42.1 Å². The Hall–Kier alpha value is -1.16. The molecule has 2 rings (SSSR count). The second-order valence-corrected chi connectivity index (χ2v) is 3.71. The zero-order chi connectivity index (χ0) is 9.97. The Bertz CT molecular complexity index is 281. The summed E-state index contributed by atoms with van der Waals surface area (Å²) < 4.78 is 13.2. The fraction of sp³-hybridized carbons (Fsp3) is 0.500. The first-order chi connectivity index (χ1) is 6.75. The molecule has 2 atom stereocenters. The van der Waals surface area contributed by atoms with Gasteiger partial charge in [-0.2, -0.15) is 0 Å². The van der Waals surface area contributed by atoms with E-state index in [-0.39, 0.29) is 6.04 Å². The highest BCUT2D eigenvalue weighted by Crippen LogP contribution is 2.19. The van der Waals surface area contributed by atoms with E-state index in [2.05, 4.69) is 4.98 Å². The minimum atomic E-state index is -0.820. The fourth-order valence-electron chi connectivity index (χ4n) is 1.83. The van der Waals surface area contributed by atoms with Crippen LogP contribution in [0.4, 0.5) is 10.1 Å². The standard InChI is InChI=1S/C10H14FN3/c11-8-4-9(12)7-14(6-8)10-2-1-3-13-5-10/h1-3,5,8-9H,4,6-7,12H2/t8-,9-/m0/s1. The largest absolute Gasteiger partial charge is 0.366 e. The third kappa shape index (κ3) is 2.01. The van der Waals surface area contributed by atoms with E-state index >= 15 is 0 Å². The number of aromatic nitrogens is 1. The molecule has 1 fully saturated rings. The van der Waals surface area contributed by atoms with Crippen molar-refractivity contribution in [2.24, 2.45) is 5.73 Å². The maximum Gasteiger partial charge on any atom is 0.119 e. The highest BCUT2D eigenvalue weighted by molar-refractivity contribution is 5.44. The van der Waals surface area contributed by atoms with Crippen molar-refractivity contribution < 1.29 is 4.39 Å². The molecule has 76 valence electrons. The van der Waals surface area contributed by atoms with Crippen LogP contribution < -0.4 is 10.6 Å². The van der Waals surface area contributed by atoms with E-state index in [1.54, 1.807) is 12.4 Å². The fourth-order valence-corrected chi connectivity index (χ4v) is 1.83. The number of anilines is 1. The summed E-state index contributed by atoms with van der Waals surface area (Å²) in [4.78, 5) is 5.96. The predicted molar refractivity (Wildman–Crippen MR) is 53.9 cm³/mol. The zero-order valence-electron chi connectivity index (χ0n) is 7.94. The molecule has 0 unspecified atom stereocenters. The number of piperidine rings is 1. The summed E-state index contributed by atoms with van der Waals surface area (Å²) in [5, 5.41) is 0. The van der Waals surface area contributed by atoms with E-state index in [0.29, 0.717) is 19.5 Å². The first kappa shape index (κ1) is 9.40. The van der Waals surface area contributed by atoms with Crippen LogP contribution >= 0.6 is 0 Å². The van der Waals surface area contributed by atoms with Gasteiger partial charge in [0.15, 0.2) is 0 Å². The van der Waals surface area contributed by atoms with Crippen molar-refractivity contribution >= 4 is 5.69 Å². The van der Waals surface area contributed by atoms with Crippen LogP contribution in [0.3, 0.4) is 0 Å². The molecular formula is C10H14FN3. The highest BCUT2D eigenvalue weighted by Gasteiger charge is 2.24. The maximum atomic E-state index is 13.2. The molecule has 14 heavy (non-hydrogen) atoms. The Morgan fingerprint density at radius 2 is 2.36 bits per heavy atom. The quantitative estimate of drug-likeness (QED) is 0.725. The Morgan fingerprint density at radius 1 is 1.50 bits per heavy atom. The smallest absolute Gasteiger partial charge is 0.119 e. The number of hydrogen-bond acceptors (Lipinski definition) is 3. The lowest BCUT2D eigenvalue weighted by molar-refractivity contribution is 0.269. The molecule has 0 aliphatic carbocycles. The van der Waals surface area contributed by atoms with Crippen LogP contribution in [0.1, 0.15) is 6.42 Å². The Labute approximate surface area is 82.7 Å². The van der Waals surface area contributed by atoms with Gasteiger partial charge in [-0.25, -0.2) is 4.39 Å². The number of alkyl halides is 1. The molecule has 1 aromatic rings. The summed E-state index contributed by atoms with van der Waals surface area (Å²) >= 11 is 0. The highest BCUT2D eigenvalue weighted by atomic mass is 19.1. The van der Waals surface area contributed by atoms with Crippen molar-refractivity contribution in [3.05, 3.63) is 24.5 Å². The average molecular weight is 195 g/mol. The van der Waals surface area contributed by atoms with Gasteiger partial charge in [-0.15, -0.1) is 0 Å². The minimum absolute atomic E-state index is 0.0704. The third-order valence-electron chi connectivity index (χ3n) is 2.44. The van der Waals surface area contributed by atoms with Crippen molar-refractivity contribution in [3.8, 4) is 0 Å². The van der Waals surface area contributed by atoms with Crippen molar-refractivity contribution in [2.45, 2.75) is 18.6 Å². The predicted octanol–water partition coefficient (Wildman–Crippen LogP) is 0.957. The first-order valence-electron chi connectivity index (χ1n) is 4.80. The third-order valence-corrected chi connectivity index (χ3v) is 2.44. The molecule has 2 heterocycles. The number of halogens is 1. The van der Waals surface area contributed by atoms with E-state index in [4.69, 9.17) is 5.73 Å². The molecule has 4 heteroatoms. The summed E-state index contributed by atoms with van der Waals surface area (Å²) in [5.74, 6) is 0. The van der Waals surface area contributed by atoms with Gasteiger partial charge in [-0.05, 0) is 18.6 Å². The monoisotopic (exact) mass is 195 g/mol. The van der Waals surface area contributed by atoms with Crippen molar-refractivity contribution in [2.75, 3.05) is 18.0 Å². The molecule has 1 aromatic heterocycles. The molecule has 0 spiro atoms. The number of nitrogens with two attached hydrogens (primary N) is 1. The number of nitrogens with zero attached hydrogens (tertiary/aromatic N) is 2. The minimum Gasteiger partial charge on any atom is -0.366 e. The van der Waals surface area contributed by atoms with Gasteiger partial charge in [-0.3, -0.25) is 4.98 Å². The normalized spacial score (nSPS) is 27.7. The molecule has 0 aromatic carbocycles.